The summed E-state index contributed by atoms with van der Waals surface area (Å²) in [6.45, 7) is 2.09. The van der Waals surface area contributed by atoms with Crippen LogP contribution in [0.2, 0.25) is 0 Å². The van der Waals surface area contributed by atoms with Crippen LogP contribution in [-0.4, -0.2) is 25.6 Å². The van der Waals surface area contributed by atoms with Crippen LogP contribution in [0.3, 0.4) is 0 Å². The maximum atomic E-state index is 12.1. The average Bonchev–Trinajstić information content (AvgIpc) is 2.75. The lowest BCUT2D eigenvalue weighted by atomic mass is 10.2. The minimum atomic E-state index is -1.06. The first kappa shape index (κ1) is 13.1. The molecule has 6 nitrogen and oxygen atoms in total. The van der Waals surface area contributed by atoms with Crippen molar-refractivity contribution >= 4 is 17.0 Å². The predicted octanol–water partition coefficient (Wildman–Crippen LogP) is 1.78. The Morgan fingerprint density at radius 3 is 2.76 bits per heavy atom. The van der Waals surface area contributed by atoms with Gasteiger partial charge in [-0.1, -0.05) is 12.1 Å². The summed E-state index contributed by atoms with van der Waals surface area (Å²) in [5.41, 5.74) is 2.20. The van der Waals surface area contributed by atoms with Crippen LogP contribution in [0.25, 0.3) is 11.0 Å². The maximum absolute atomic E-state index is 12.1. The first-order valence-corrected chi connectivity index (χ1v) is 6.43. The number of imidazole rings is 1. The summed E-state index contributed by atoms with van der Waals surface area (Å²) in [7, 11) is 0. The third kappa shape index (κ3) is 2.31. The number of aromatic carboxylic acids is 1. The van der Waals surface area contributed by atoms with Crippen molar-refractivity contribution in [3.63, 3.8) is 0 Å². The van der Waals surface area contributed by atoms with Crippen molar-refractivity contribution in [1.29, 1.82) is 0 Å². The highest BCUT2D eigenvalue weighted by molar-refractivity contribution is 6.01. The van der Waals surface area contributed by atoms with Gasteiger partial charge < -0.3 is 10.1 Å². The van der Waals surface area contributed by atoms with Gasteiger partial charge in [-0.25, -0.2) is 9.59 Å². The average molecular weight is 283 g/mol. The lowest BCUT2D eigenvalue weighted by Crippen LogP contribution is -2.19. The number of H-pyrrole nitrogens is 1. The first-order valence-electron chi connectivity index (χ1n) is 6.43. The molecule has 0 saturated carbocycles. The molecule has 1 aromatic carbocycles. The molecule has 21 heavy (non-hydrogen) atoms. The predicted molar refractivity (Wildman–Crippen MR) is 77.6 cm³/mol. The molecule has 0 spiro atoms. The summed E-state index contributed by atoms with van der Waals surface area (Å²) in [6.07, 6.45) is 0. The lowest BCUT2D eigenvalue weighted by molar-refractivity contribution is 0.0698. The van der Waals surface area contributed by atoms with Gasteiger partial charge in [0, 0.05) is 5.69 Å². The number of hydrogen-bond acceptors (Lipinski definition) is 3. The summed E-state index contributed by atoms with van der Waals surface area (Å²) in [4.78, 5) is 30.5. The van der Waals surface area contributed by atoms with Crippen molar-refractivity contribution in [2.24, 2.45) is 0 Å². The second-order valence-electron chi connectivity index (χ2n) is 4.79. The fourth-order valence-corrected chi connectivity index (χ4v) is 2.39. The standard InChI is InChI=1S/C15H13N3O3/c1-9-4-2-5-10(16-9)8-18-13-11(14(19)20)6-3-7-12(13)17-15(18)21/h2-7H,8H2,1H3,(H,17,21)(H,19,20). The Morgan fingerprint density at radius 1 is 1.29 bits per heavy atom. The van der Waals surface area contributed by atoms with Crippen LogP contribution in [0.4, 0.5) is 0 Å². The molecule has 106 valence electrons. The number of aromatic amines is 1. The van der Waals surface area contributed by atoms with Crippen molar-refractivity contribution in [3.05, 3.63) is 63.8 Å². The van der Waals surface area contributed by atoms with Crippen LogP contribution in [-0.2, 0) is 6.54 Å². The molecule has 0 aliphatic heterocycles. The summed E-state index contributed by atoms with van der Waals surface area (Å²) >= 11 is 0. The van der Waals surface area contributed by atoms with Crippen LogP contribution in [0.15, 0.2) is 41.2 Å². The van der Waals surface area contributed by atoms with E-state index in [0.717, 1.165) is 5.69 Å². The zero-order valence-corrected chi connectivity index (χ0v) is 11.3. The van der Waals surface area contributed by atoms with E-state index in [1.807, 2.05) is 25.1 Å². The van der Waals surface area contributed by atoms with Gasteiger partial charge in [0.1, 0.15) is 0 Å². The SMILES string of the molecule is Cc1cccc(Cn2c(=O)[nH]c3cccc(C(=O)O)c32)n1. The van der Waals surface area contributed by atoms with Crippen molar-refractivity contribution in [1.82, 2.24) is 14.5 Å². The molecule has 0 atom stereocenters. The molecule has 6 heteroatoms. The van der Waals surface area contributed by atoms with Crippen LogP contribution in [0.1, 0.15) is 21.7 Å². The minimum Gasteiger partial charge on any atom is -0.478 e. The van der Waals surface area contributed by atoms with E-state index in [9.17, 15) is 14.7 Å². The number of fused-ring (bicyclic) bond motifs is 1. The molecular formula is C15H13N3O3. The number of aromatic nitrogens is 3. The van der Waals surface area contributed by atoms with E-state index in [-0.39, 0.29) is 17.8 Å². The van der Waals surface area contributed by atoms with Crippen molar-refractivity contribution in [3.8, 4) is 0 Å². The van der Waals surface area contributed by atoms with E-state index in [4.69, 9.17) is 0 Å². The van der Waals surface area contributed by atoms with Crippen LogP contribution < -0.4 is 5.69 Å². The number of benzene rings is 1. The number of carboxylic acids is 1. The van der Waals surface area contributed by atoms with Gasteiger partial charge in [0.05, 0.1) is 28.8 Å². The highest BCUT2D eigenvalue weighted by Gasteiger charge is 2.15. The Balaban J connectivity index is 2.20. The van der Waals surface area contributed by atoms with Gasteiger partial charge in [-0.05, 0) is 31.2 Å². The summed E-state index contributed by atoms with van der Waals surface area (Å²) in [5.74, 6) is -1.06. The molecule has 2 heterocycles. The smallest absolute Gasteiger partial charge is 0.337 e. The Labute approximate surface area is 119 Å². The highest BCUT2D eigenvalue weighted by atomic mass is 16.4. The Hall–Kier alpha value is -2.89. The normalized spacial score (nSPS) is 10.9. The number of carboxylic acid groups (broad SMARTS) is 1. The van der Waals surface area contributed by atoms with Crippen molar-refractivity contribution in [2.75, 3.05) is 0 Å². The number of para-hydroxylation sites is 1. The van der Waals surface area contributed by atoms with Crippen LogP contribution in [0.5, 0.6) is 0 Å². The number of nitrogens with zero attached hydrogens (tertiary/aromatic N) is 2. The Bertz CT molecular complexity index is 893. The summed E-state index contributed by atoms with van der Waals surface area (Å²) < 4.78 is 1.40. The third-order valence-electron chi connectivity index (χ3n) is 3.29. The van der Waals surface area contributed by atoms with Gasteiger partial charge >= 0.3 is 11.7 Å². The fourth-order valence-electron chi connectivity index (χ4n) is 2.39. The van der Waals surface area contributed by atoms with Gasteiger partial charge in [-0.15, -0.1) is 0 Å². The largest absolute Gasteiger partial charge is 0.478 e. The van der Waals surface area contributed by atoms with Crippen LogP contribution in [0, 0.1) is 6.92 Å². The quantitative estimate of drug-likeness (QED) is 0.767. The summed E-state index contributed by atoms with van der Waals surface area (Å²) in [6, 6.07) is 10.3. The monoisotopic (exact) mass is 283 g/mol. The second-order valence-corrected chi connectivity index (χ2v) is 4.79. The van der Waals surface area contributed by atoms with Gasteiger partial charge in [-0.3, -0.25) is 9.55 Å². The molecule has 3 aromatic rings. The number of rotatable bonds is 3. The number of pyridine rings is 1. The van der Waals surface area contributed by atoms with Gasteiger partial charge in [0.25, 0.3) is 0 Å². The number of nitrogens with one attached hydrogen (secondary N) is 1. The molecule has 0 bridgehead atoms. The van der Waals surface area contributed by atoms with Gasteiger partial charge in [0.15, 0.2) is 0 Å². The Morgan fingerprint density at radius 2 is 2.05 bits per heavy atom. The van der Waals surface area contributed by atoms with E-state index in [1.165, 1.54) is 10.6 Å². The molecule has 3 rings (SSSR count). The minimum absolute atomic E-state index is 0.0958. The zero-order valence-electron chi connectivity index (χ0n) is 11.3. The second kappa shape index (κ2) is 4.90. The fraction of sp³-hybridized carbons (Fsp3) is 0.133. The van der Waals surface area contributed by atoms with E-state index < -0.39 is 5.97 Å². The number of carbonyl (C=O) groups is 1. The highest BCUT2D eigenvalue weighted by Crippen LogP contribution is 2.17. The summed E-state index contributed by atoms with van der Waals surface area (Å²) in [5, 5.41) is 9.28. The van der Waals surface area contributed by atoms with E-state index in [1.54, 1.807) is 12.1 Å². The molecule has 0 unspecified atom stereocenters. The maximum Gasteiger partial charge on any atom is 0.337 e. The molecule has 0 saturated heterocycles. The van der Waals surface area contributed by atoms with Crippen molar-refractivity contribution in [2.45, 2.75) is 13.5 Å². The lowest BCUT2D eigenvalue weighted by Gasteiger charge is -2.06. The zero-order chi connectivity index (χ0) is 15.0. The molecule has 2 aromatic heterocycles. The molecular weight excluding hydrogens is 270 g/mol. The van der Waals surface area contributed by atoms with Crippen LogP contribution >= 0.6 is 0 Å². The number of hydrogen-bond donors (Lipinski definition) is 2. The Kier molecular flexibility index (Phi) is 3.06. The molecule has 2 N–H and O–H groups in total. The first-order chi connectivity index (χ1) is 10.1. The van der Waals surface area contributed by atoms with E-state index >= 15 is 0 Å². The van der Waals surface area contributed by atoms with Gasteiger partial charge in [-0.2, -0.15) is 0 Å². The topological polar surface area (TPSA) is 88.0 Å². The molecule has 0 fully saturated rings. The third-order valence-corrected chi connectivity index (χ3v) is 3.29. The molecule has 0 radical (unpaired) electrons. The van der Waals surface area contributed by atoms with E-state index in [2.05, 4.69) is 9.97 Å². The van der Waals surface area contributed by atoms with E-state index in [0.29, 0.717) is 16.7 Å². The molecule has 0 amide bonds. The van der Waals surface area contributed by atoms with Gasteiger partial charge in [0.2, 0.25) is 0 Å². The molecule has 0 aliphatic carbocycles. The van der Waals surface area contributed by atoms with Crippen molar-refractivity contribution < 1.29 is 9.90 Å². The molecule has 0 aliphatic rings. The number of aryl methyl sites for hydroxylation is 1.